The Morgan fingerprint density at radius 2 is 2.06 bits per heavy atom. The lowest BCUT2D eigenvalue weighted by Gasteiger charge is -2.12. The summed E-state index contributed by atoms with van der Waals surface area (Å²) in [6.45, 7) is 2.71. The lowest BCUT2D eigenvalue weighted by Crippen LogP contribution is -2.30. The topological polar surface area (TPSA) is 42.5 Å². The zero-order chi connectivity index (χ0) is 12.8. The minimum atomic E-state index is 0.489. The predicted molar refractivity (Wildman–Crippen MR) is 71.9 cm³/mol. The number of nitrogens with one attached hydrogen (secondary N) is 2. The molecule has 2 atom stereocenters. The molecule has 1 aromatic rings. The van der Waals surface area contributed by atoms with Crippen LogP contribution in [0.4, 0.5) is 0 Å². The molecule has 0 aliphatic carbocycles. The maximum absolute atomic E-state index is 5.16. The molecule has 1 aliphatic rings. The van der Waals surface area contributed by atoms with E-state index in [0.717, 1.165) is 31.9 Å². The quantitative estimate of drug-likeness (QED) is 0.795. The van der Waals surface area contributed by atoms with Gasteiger partial charge in [-0.1, -0.05) is 12.1 Å². The molecule has 0 saturated carbocycles. The van der Waals surface area contributed by atoms with Crippen molar-refractivity contribution in [1.29, 1.82) is 0 Å². The summed E-state index contributed by atoms with van der Waals surface area (Å²) in [5.74, 6) is 0.904. The second-order valence-electron chi connectivity index (χ2n) is 4.72. The molecule has 18 heavy (non-hydrogen) atoms. The van der Waals surface area contributed by atoms with Crippen LogP contribution in [0, 0.1) is 0 Å². The molecule has 4 heteroatoms. The van der Waals surface area contributed by atoms with Gasteiger partial charge >= 0.3 is 0 Å². The smallest absolute Gasteiger partial charge is 0.118 e. The van der Waals surface area contributed by atoms with Gasteiger partial charge in [-0.05, 0) is 24.1 Å². The zero-order valence-electron chi connectivity index (χ0n) is 11.1. The Balaban J connectivity index is 1.74. The summed E-state index contributed by atoms with van der Waals surface area (Å²) in [7, 11) is 3.44. The van der Waals surface area contributed by atoms with Gasteiger partial charge in [0, 0.05) is 32.3 Å². The highest BCUT2D eigenvalue weighted by molar-refractivity contribution is 5.27. The number of hydrogen-bond acceptors (Lipinski definition) is 4. The van der Waals surface area contributed by atoms with Gasteiger partial charge in [-0.15, -0.1) is 0 Å². The molecule has 1 aliphatic heterocycles. The molecule has 0 spiro atoms. The van der Waals surface area contributed by atoms with Crippen molar-refractivity contribution in [3.05, 3.63) is 29.8 Å². The van der Waals surface area contributed by atoms with E-state index in [1.807, 2.05) is 12.1 Å². The first-order chi connectivity index (χ1) is 8.81. The van der Waals surface area contributed by atoms with Gasteiger partial charge in [0.25, 0.3) is 0 Å². The maximum Gasteiger partial charge on any atom is 0.118 e. The van der Waals surface area contributed by atoms with Crippen molar-refractivity contribution in [3.63, 3.8) is 0 Å². The third kappa shape index (κ3) is 3.70. The van der Waals surface area contributed by atoms with E-state index in [-0.39, 0.29) is 0 Å². The third-order valence-corrected chi connectivity index (χ3v) is 3.34. The molecule has 1 aromatic carbocycles. The number of rotatable bonds is 6. The summed E-state index contributed by atoms with van der Waals surface area (Å²) >= 11 is 0. The molecular weight excluding hydrogens is 228 g/mol. The van der Waals surface area contributed by atoms with Gasteiger partial charge < -0.3 is 20.1 Å². The monoisotopic (exact) mass is 250 g/mol. The van der Waals surface area contributed by atoms with Crippen LogP contribution < -0.4 is 15.4 Å². The maximum atomic E-state index is 5.16. The standard InChI is InChI=1S/C14H22N2O2/c1-17-10-13-7-12(9-16-13)15-8-11-3-5-14(18-2)6-4-11/h3-6,12-13,15-16H,7-10H2,1-2H3/t12-,13-/m0/s1. The molecular formula is C14H22N2O2. The molecule has 2 N–H and O–H groups in total. The minimum absolute atomic E-state index is 0.489. The highest BCUT2D eigenvalue weighted by atomic mass is 16.5. The van der Waals surface area contributed by atoms with Crippen LogP contribution in [0.1, 0.15) is 12.0 Å². The summed E-state index contributed by atoms with van der Waals surface area (Å²) in [4.78, 5) is 0. The second-order valence-corrected chi connectivity index (χ2v) is 4.72. The van der Waals surface area contributed by atoms with Crippen LogP contribution >= 0.6 is 0 Å². The molecule has 1 heterocycles. The fraction of sp³-hybridized carbons (Fsp3) is 0.571. The van der Waals surface area contributed by atoms with Crippen LogP contribution in [0.2, 0.25) is 0 Å². The Morgan fingerprint density at radius 3 is 2.72 bits per heavy atom. The van der Waals surface area contributed by atoms with Crippen molar-refractivity contribution in [2.75, 3.05) is 27.4 Å². The lowest BCUT2D eigenvalue weighted by atomic mass is 10.1. The Morgan fingerprint density at radius 1 is 1.28 bits per heavy atom. The second kappa shape index (κ2) is 6.73. The molecule has 0 aromatic heterocycles. The molecule has 0 bridgehead atoms. The van der Waals surface area contributed by atoms with Crippen molar-refractivity contribution in [2.45, 2.75) is 25.0 Å². The predicted octanol–water partition coefficient (Wildman–Crippen LogP) is 1.16. The summed E-state index contributed by atoms with van der Waals surface area (Å²) in [5.41, 5.74) is 1.28. The Hall–Kier alpha value is -1.10. The SMILES string of the molecule is COC[C@@H]1C[C@H](NCc2ccc(OC)cc2)CN1. The number of ether oxygens (including phenoxy) is 2. The van der Waals surface area contributed by atoms with Crippen LogP contribution in [-0.4, -0.2) is 39.5 Å². The molecule has 1 saturated heterocycles. The van der Waals surface area contributed by atoms with Gasteiger partial charge in [0.2, 0.25) is 0 Å². The van der Waals surface area contributed by atoms with Crippen molar-refractivity contribution in [1.82, 2.24) is 10.6 Å². The molecule has 100 valence electrons. The zero-order valence-corrected chi connectivity index (χ0v) is 11.1. The Bertz CT molecular complexity index is 353. The van der Waals surface area contributed by atoms with Crippen molar-refractivity contribution >= 4 is 0 Å². The summed E-state index contributed by atoms with van der Waals surface area (Å²) in [6, 6.07) is 9.22. The molecule has 1 fully saturated rings. The van der Waals surface area contributed by atoms with Gasteiger partial charge in [-0.3, -0.25) is 0 Å². The lowest BCUT2D eigenvalue weighted by molar-refractivity contribution is 0.173. The largest absolute Gasteiger partial charge is 0.497 e. The van der Waals surface area contributed by atoms with Crippen molar-refractivity contribution in [2.24, 2.45) is 0 Å². The molecule has 2 rings (SSSR count). The molecule has 0 unspecified atom stereocenters. The highest BCUT2D eigenvalue weighted by Crippen LogP contribution is 2.12. The van der Waals surface area contributed by atoms with Gasteiger partial charge in [0.1, 0.15) is 5.75 Å². The first-order valence-electron chi connectivity index (χ1n) is 6.40. The van der Waals surface area contributed by atoms with E-state index in [4.69, 9.17) is 9.47 Å². The highest BCUT2D eigenvalue weighted by Gasteiger charge is 2.22. The normalized spacial score (nSPS) is 23.2. The van der Waals surface area contributed by atoms with E-state index in [9.17, 15) is 0 Å². The average molecular weight is 250 g/mol. The van der Waals surface area contributed by atoms with E-state index in [2.05, 4.69) is 22.8 Å². The van der Waals surface area contributed by atoms with E-state index >= 15 is 0 Å². The number of benzene rings is 1. The van der Waals surface area contributed by atoms with Crippen LogP contribution in [0.3, 0.4) is 0 Å². The van der Waals surface area contributed by atoms with Crippen LogP contribution in [0.15, 0.2) is 24.3 Å². The summed E-state index contributed by atoms with van der Waals surface area (Å²) in [6.07, 6.45) is 1.13. The first-order valence-corrected chi connectivity index (χ1v) is 6.40. The molecule has 4 nitrogen and oxygen atoms in total. The van der Waals surface area contributed by atoms with Gasteiger partial charge in [0.05, 0.1) is 13.7 Å². The van der Waals surface area contributed by atoms with E-state index < -0.39 is 0 Å². The van der Waals surface area contributed by atoms with Crippen LogP contribution in [0.5, 0.6) is 5.75 Å². The van der Waals surface area contributed by atoms with E-state index in [1.54, 1.807) is 14.2 Å². The van der Waals surface area contributed by atoms with Crippen LogP contribution in [0.25, 0.3) is 0 Å². The van der Waals surface area contributed by atoms with Gasteiger partial charge in [-0.25, -0.2) is 0 Å². The van der Waals surface area contributed by atoms with Gasteiger partial charge in [-0.2, -0.15) is 0 Å². The Labute approximate surface area is 109 Å². The van der Waals surface area contributed by atoms with Gasteiger partial charge in [0.15, 0.2) is 0 Å². The Kier molecular flexibility index (Phi) is 4.99. The minimum Gasteiger partial charge on any atom is -0.497 e. The van der Waals surface area contributed by atoms with E-state index in [1.165, 1.54) is 5.56 Å². The van der Waals surface area contributed by atoms with Crippen molar-refractivity contribution < 1.29 is 9.47 Å². The third-order valence-electron chi connectivity index (χ3n) is 3.34. The summed E-state index contributed by atoms with van der Waals surface area (Å²) < 4.78 is 10.3. The van der Waals surface area contributed by atoms with Crippen molar-refractivity contribution in [3.8, 4) is 5.75 Å². The fourth-order valence-electron chi connectivity index (χ4n) is 2.31. The van der Waals surface area contributed by atoms with Crippen LogP contribution in [-0.2, 0) is 11.3 Å². The number of hydrogen-bond donors (Lipinski definition) is 2. The average Bonchev–Trinajstić information content (AvgIpc) is 2.85. The molecule has 0 radical (unpaired) electrons. The number of methoxy groups -OCH3 is 2. The summed E-state index contributed by atoms with van der Waals surface area (Å²) in [5, 5.41) is 7.02. The first kappa shape index (κ1) is 13.3. The molecule has 0 amide bonds. The fourth-order valence-corrected chi connectivity index (χ4v) is 2.31. The van der Waals surface area contributed by atoms with E-state index in [0.29, 0.717) is 12.1 Å².